The third-order valence-corrected chi connectivity index (χ3v) is 5.61. The first kappa shape index (κ1) is 18.5. The molecule has 1 aliphatic carbocycles. The molecule has 1 atom stereocenters. The van der Waals surface area contributed by atoms with Gasteiger partial charge < -0.3 is 10.5 Å². The number of hydrogen-bond acceptors (Lipinski definition) is 4. The van der Waals surface area contributed by atoms with Crippen LogP contribution < -0.4 is 15.2 Å². The Morgan fingerprint density at radius 3 is 2.52 bits per heavy atom. The lowest BCUT2D eigenvalue weighted by Gasteiger charge is -2.29. The summed E-state index contributed by atoms with van der Waals surface area (Å²) in [6.45, 7) is 2.11. The van der Waals surface area contributed by atoms with E-state index in [1.54, 1.807) is 0 Å². The molecule has 8 heteroatoms. The van der Waals surface area contributed by atoms with Crippen LogP contribution in [0.4, 0.5) is 0 Å². The van der Waals surface area contributed by atoms with Crippen LogP contribution in [0, 0.1) is 5.92 Å². The molecule has 0 aliphatic heterocycles. The Morgan fingerprint density at radius 1 is 1.48 bits per heavy atom. The van der Waals surface area contributed by atoms with Crippen molar-refractivity contribution in [2.45, 2.75) is 30.2 Å². The molecule has 5 nitrogen and oxygen atoms in total. The summed E-state index contributed by atoms with van der Waals surface area (Å²) in [5.41, 5.74) is 5.13. The highest BCUT2D eigenvalue weighted by Crippen LogP contribution is 2.40. The van der Waals surface area contributed by atoms with Crippen LogP contribution in [0.1, 0.15) is 19.8 Å². The van der Waals surface area contributed by atoms with Gasteiger partial charge in [-0.15, -0.1) is 12.4 Å². The van der Waals surface area contributed by atoms with Gasteiger partial charge in [0.15, 0.2) is 0 Å². The van der Waals surface area contributed by atoms with Gasteiger partial charge in [-0.1, -0.05) is 11.6 Å². The molecule has 0 bridgehead atoms. The lowest BCUT2D eigenvalue weighted by Crippen LogP contribution is -2.52. The number of rotatable bonds is 6. The van der Waals surface area contributed by atoms with Gasteiger partial charge in [0, 0.05) is 12.1 Å². The molecule has 0 radical (unpaired) electrons. The zero-order valence-corrected chi connectivity index (χ0v) is 14.3. The smallest absolute Gasteiger partial charge is 0.241 e. The quantitative estimate of drug-likeness (QED) is 0.820. The molecule has 1 aliphatic rings. The predicted octanol–water partition coefficient (Wildman–Crippen LogP) is 2.18. The summed E-state index contributed by atoms with van der Waals surface area (Å²) in [6, 6.07) is 4.39. The number of methoxy groups -OCH3 is 1. The average Bonchev–Trinajstić information content (AvgIpc) is 3.22. The van der Waals surface area contributed by atoms with Crippen molar-refractivity contribution in [3.63, 3.8) is 0 Å². The highest BCUT2D eigenvalue weighted by Gasteiger charge is 2.43. The summed E-state index contributed by atoms with van der Waals surface area (Å²) in [7, 11) is -2.17. The van der Waals surface area contributed by atoms with Gasteiger partial charge in [0.25, 0.3) is 0 Å². The lowest BCUT2D eigenvalue weighted by atomic mass is 9.98. The molecule has 1 fully saturated rings. The highest BCUT2D eigenvalue weighted by atomic mass is 35.5. The van der Waals surface area contributed by atoms with Gasteiger partial charge in [-0.2, -0.15) is 0 Å². The number of nitrogens with one attached hydrogen (secondary N) is 1. The van der Waals surface area contributed by atoms with Crippen molar-refractivity contribution in [1.29, 1.82) is 0 Å². The molecule has 0 aromatic heterocycles. The third kappa shape index (κ3) is 4.02. The minimum Gasteiger partial charge on any atom is -0.495 e. The van der Waals surface area contributed by atoms with Crippen LogP contribution >= 0.6 is 24.0 Å². The van der Waals surface area contributed by atoms with Crippen LogP contribution in [0.15, 0.2) is 23.1 Å². The number of hydrogen-bond donors (Lipinski definition) is 2. The highest BCUT2D eigenvalue weighted by molar-refractivity contribution is 7.89. The van der Waals surface area contributed by atoms with Crippen molar-refractivity contribution >= 4 is 34.0 Å². The summed E-state index contributed by atoms with van der Waals surface area (Å²) >= 11 is 5.97. The maximum absolute atomic E-state index is 12.4. The molecule has 0 heterocycles. The molecule has 1 saturated carbocycles. The van der Waals surface area contributed by atoms with Crippen LogP contribution in [0.3, 0.4) is 0 Å². The normalized spacial score (nSPS) is 17.7. The van der Waals surface area contributed by atoms with E-state index >= 15 is 0 Å². The van der Waals surface area contributed by atoms with Crippen LogP contribution in [0.2, 0.25) is 5.02 Å². The standard InChI is InChI=1S/C13H19ClN2O3S.ClH/c1-13(8-15,9-3-4-9)16-20(17,18)10-5-6-12(19-2)11(14)7-10;/h5-7,9,16H,3-4,8,15H2,1-2H3;1H. The Bertz CT molecular complexity index is 605. The van der Waals surface area contributed by atoms with Gasteiger partial charge in [-0.3, -0.25) is 0 Å². The Hall–Kier alpha value is -0.530. The van der Waals surface area contributed by atoms with Gasteiger partial charge in [-0.25, -0.2) is 13.1 Å². The zero-order chi connectivity index (χ0) is 15.0. The van der Waals surface area contributed by atoms with Crippen LogP contribution in [0.5, 0.6) is 5.75 Å². The SMILES string of the molecule is COc1ccc(S(=O)(=O)NC(C)(CN)C2CC2)cc1Cl.Cl. The van der Waals surface area contributed by atoms with Gasteiger partial charge in [-0.05, 0) is 43.9 Å². The lowest BCUT2D eigenvalue weighted by molar-refractivity contribution is 0.374. The van der Waals surface area contributed by atoms with E-state index in [9.17, 15) is 8.42 Å². The Morgan fingerprint density at radius 2 is 2.10 bits per heavy atom. The van der Waals surface area contributed by atoms with E-state index in [4.69, 9.17) is 22.1 Å². The fourth-order valence-corrected chi connectivity index (χ4v) is 4.02. The van der Waals surface area contributed by atoms with Crippen LogP contribution in [-0.2, 0) is 10.0 Å². The molecule has 120 valence electrons. The van der Waals surface area contributed by atoms with Crippen molar-refractivity contribution < 1.29 is 13.2 Å². The monoisotopic (exact) mass is 354 g/mol. The molecule has 1 aromatic carbocycles. The zero-order valence-electron chi connectivity index (χ0n) is 11.9. The van der Waals surface area contributed by atoms with E-state index in [2.05, 4.69) is 4.72 Å². The molecule has 0 saturated heterocycles. The number of benzene rings is 1. The first-order valence-corrected chi connectivity index (χ1v) is 8.26. The molecular formula is C13H20Cl2N2O3S. The Labute approximate surface area is 136 Å². The van der Waals surface area contributed by atoms with Crippen molar-refractivity contribution in [3.8, 4) is 5.75 Å². The van der Waals surface area contributed by atoms with E-state index in [1.165, 1.54) is 25.3 Å². The minimum absolute atomic E-state index is 0. The molecule has 1 aromatic rings. The second-order valence-electron chi connectivity index (χ2n) is 5.30. The van der Waals surface area contributed by atoms with Crippen molar-refractivity contribution in [2.24, 2.45) is 11.7 Å². The van der Waals surface area contributed by atoms with Crippen molar-refractivity contribution in [2.75, 3.05) is 13.7 Å². The van der Waals surface area contributed by atoms with E-state index in [0.29, 0.717) is 11.7 Å². The molecule has 0 spiro atoms. The molecule has 1 unspecified atom stereocenters. The van der Waals surface area contributed by atoms with Gasteiger partial charge in [0.2, 0.25) is 10.0 Å². The van der Waals surface area contributed by atoms with Gasteiger partial charge in [0.05, 0.1) is 17.0 Å². The largest absolute Gasteiger partial charge is 0.495 e. The van der Waals surface area contributed by atoms with Crippen LogP contribution in [-0.4, -0.2) is 27.6 Å². The van der Waals surface area contributed by atoms with E-state index in [-0.39, 0.29) is 28.9 Å². The number of nitrogens with two attached hydrogens (primary N) is 1. The van der Waals surface area contributed by atoms with E-state index in [1.807, 2.05) is 6.92 Å². The van der Waals surface area contributed by atoms with E-state index in [0.717, 1.165) is 12.8 Å². The third-order valence-electron chi connectivity index (χ3n) is 3.70. The van der Waals surface area contributed by atoms with Crippen molar-refractivity contribution in [3.05, 3.63) is 23.2 Å². The maximum Gasteiger partial charge on any atom is 0.241 e. The second kappa shape index (κ2) is 6.71. The number of ether oxygens (including phenoxy) is 1. The van der Waals surface area contributed by atoms with Gasteiger partial charge >= 0.3 is 0 Å². The first-order valence-electron chi connectivity index (χ1n) is 6.40. The topological polar surface area (TPSA) is 81.4 Å². The molecule has 2 rings (SSSR count). The van der Waals surface area contributed by atoms with Gasteiger partial charge in [0.1, 0.15) is 5.75 Å². The fourth-order valence-electron chi connectivity index (χ4n) is 2.19. The molecule has 0 amide bonds. The predicted molar refractivity (Wildman–Crippen MR) is 85.8 cm³/mol. The average molecular weight is 355 g/mol. The summed E-state index contributed by atoms with van der Waals surface area (Å²) < 4.78 is 32.6. The van der Waals surface area contributed by atoms with E-state index < -0.39 is 15.6 Å². The molecule has 3 N–H and O–H groups in total. The molecular weight excluding hydrogens is 335 g/mol. The minimum atomic E-state index is -3.65. The fraction of sp³-hybridized carbons (Fsp3) is 0.538. The second-order valence-corrected chi connectivity index (χ2v) is 7.39. The maximum atomic E-state index is 12.4. The summed E-state index contributed by atoms with van der Waals surface area (Å²) in [5, 5.41) is 0.260. The summed E-state index contributed by atoms with van der Waals surface area (Å²) in [5.74, 6) is 0.741. The molecule has 21 heavy (non-hydrogen) atoms. The van der Waals surface area contributed by atoms with Crippen molar-refractivity contribution in [1.82, 2.24) is 4.72 Å². The van der Waals surface area contributed by atoms with Crippen LogP contribution in [0.25, 0.3) is 0 Å². The first-order chi connectivity index (χ1) is 9.32. The Kier molecular flexibility index (Phi) is 5.91. The summed E-state index contributed by atoms with van der Waals surface area (Å²) in [4.78, 5) is 0.114. The number of sulfonamides is 1. The summed E-state index contributed by atoms with van der Waals surface area (Å²) in [6.07, 6.45) is 2.00. The Balaban J connectivity index is 0.00000220. The number of halogens is 2.